The first kappa shape index (κ1) is 38.6. The topological polar surface area (TPSA) is 6.48 Å². The zero-order valence-electron chi connectivity index (χ0n) is 35.2. The number of benzene rings is 9. The summed E-state index contributed by atoms with van der Waals surface area (Å²) in [6.45, 7) is 8.95. The van der Waals surface area contributed by atoms with Crippen molar-refractivity contribution in [3.63, 3.8) is 0 Å². The summed E-state index contributed by atoms with van der Waals surface area (Å²) in [6.07, 6.45) is 4.31. The van der Waals surface area contributed by atoms with Crippen molar-refractivity contribution in [2.45, 2.75) is 53.4 Å². The van der Waals surface area contributed by atoms with Crippen molar-refractivity contribution in [2.75, 3.05) is 9.80 Å². The maximum atomic E-state index is 2.44. The summed E-state index contributed by atoms with van der Waals surface area (Å²) in [5.41, 5.74) is 17.1. The Bertz CT molecular complexity index is 2700. The van der Waals surface area contributed by atoms with Gasteiger partial charge in [-0.3, -0.25) is 0 Å². The molecule has 0 saturated carbocycles. The Morgan fingerprint density at radius 1 is 0.317 bits per heavy atom. The van der Waals surface area contributed by atoms with Crippen LogP contribution in [0.4, 0.5) is 34.1 Å². The maximum Gasteiger partial charge on any atom is 0.0468 e. The number of rotatable bonds is 12. The van der Waals surface area contributed by atoms with E-state index < -0.39 is 0 Å². The average Bonchev–Trinajstić information content (AvgIpc) is 3.27. The van der Waals surface area contributed by atoms with Gasteiger partial charge in [0.05, 0.1) is 0 Å². The minimum Gasteiger partial charge on any atom is -0.310 e. The predicted octanol–water partition coefficient (Wildman–Crippen LogP) is 16.8. The van der Waals surface area contributed by atoms with Crippen molar-refractivity contribution in [1.82, 2.24) is 0 Å². The van der Waals surface area contributed by atoms with Gasteiger partial charge in [-0.2, -0.15) is 0 Å². The number of anilines is 6. The molecule has 0 N–H and O–H groups in total. The van der Waals surface area contributed by atoms with E-state index in [-0.39, 0.29) is 0 Å². The highest BCUT2D eigenvalue weighted by atomic mass is 15.1. The highest BCUT2D eigenvalue weighted by Gasteiger charge is 2.22. The average molecular weight is 777 g/mol. The fourth-order valence-corrected chi connectivity index (χ4v) is 9.17. The van der Waals surface area contributed by atoms with Gasteiger partial charge < -0.3 is 9.80 Å². The molecule has 0 aliphatic carbocycles. The number of nitrogens with zero attached hydrogens (tertiary/aromatic N) is 2. The molecule has 0 unspecified atom stereocenters. The number of para-hydroxylation sites is 2. The highest BCUT2D eigenvalue weighted by molar-refractivity contribution is 6.22. The summed E-state index contributed by atoms with van der Waals surface area (Å²) in [4.78, 5) is 4.87. The van der Waals surface area contributed by atoms with Crippen LogP contribution in [0.2, 0.25) is 0 Å². The molecule has 2 nitrogen and oxygen atoms in total. The molecule has 60 heavy (non-hydrogen) atoms. The second-order valence-electron chi connectivity index (χ2n) is 16.1. The Morgan fingerprint density at radius 3 is 1.05 bits per heavy atom. The lowest BCUT2D eigenvalue weighted by Crippen LogP contribution is -2.11. The summed E-state index contributed by atoms with van der Waals surface area (Å²) in [6, 6.07) is 71.9. The molecule has 0 saturated heterocycles. The zero-order valence-corrected chi connectivity index (χ0v) is 35.2. The van der Waals surface area contributed by atoms with Gasteiger partial charge in [0.15, 0.2) is 0 Å². The van der Waals surface area contributed by atoms with Gasteiger partial charge in [0, 0.05) is 34.1 Å². The van der Waals surface area contributed by atoms with Crippen LogP contribution < -0.4 is 9.80 Å². The van der Waals surface area contributed by atoms with E-state index >= 15 is 0 Å². The van der Waals surface area contributed by atoms with Crippen LogP contribution >= 0.6 is 0 Å². The van der Waals surface area contributed by atoms with Crippen LogP contribution in [0.3, 0.4) is 0 Å². The Hall–Kier alpha value is -6.90. The Balaban J connectivity index is 1.35. The molecule has 294 valence electrons. The maximum absolute atomic E-state index is 2.44. The van der Waals surface area contributed by atoms with Gasteiger partial charge >= 0.3 is 0 Å². The molecule has 0 amide bonds. The molecule has 0 fully saturated rings. The van der Waals surface area contributed by atoms with Crippen LogP contribution in [-0.4, -0.2) is 0 Å². The summed E-state index contributed by atoms with van der Waals surface area (Å²) in [5.74, 6) is 0. The van der Waals surface area contributed by atoms with Gasteiger partial charge in [-0.1, -0.05) is 148 Å². The van der Waals surface area contributed by atoms with Crippen molar-refractivity contribution in [2.24, 2.45) is 0 Å². The molecule has 9 rings (SSSR count). The molecular formula is C58H52N2. The van der Waals surface area contributed by atoms with Crippen molar-refractivity contribution < 1.29 is 0 Å². The normalized spacial score (nSPS) is 11.3. The van der Waals surface area contributed by atoms with E-state index in [1.54, 1.807) is 0 Å². The number of hydrogen-bond donors (Lipinski definition) is 0. The molecule has 9 aromatic rings. The third kappa shape index (κ3) is 7.70. The van der Waals surface area contributed by atoms with E-state index in [2.05, 4.69) is 232 Å². The standard InChI is InChI=1S/C58H52N2/c1-5-19-43-33-41(3)35-51(37-43)59(47-25-15-9-16-26-47)49-29-31-53-55(39-49)57(45-21-11-7-12-22-45)54-32-30-50(40-56(54)58(53)46-23-13-8-14-24-46)60(48-27-17-10-18-28-48)52-36-42(4)34-44(38-52)20-6-2/h7-18,21-40H,5-6,19-20H2,1-4H3. The molecule has 0 spiro atoms. The van der Waals surface area contributed by atoms with Crippen molar-refractivity contribution in [3.8, 4) is 22.3 Å². The molecule has 0 heterocycles. The van der Waals surface area contributed by atoms with Crippen LogP contribution in [0.15, 0.2) is 194 Å². The quantitative estimate of drug-likeness (QED) is 0.114. The third-order valence-electron chi connectivity index (χ3n) is 11.6. The Morgan fingerprint density at radius 2 is 0.683 bits per heavy atom. The molecule has 0 bridgehead atoms. The van der Waals surface area contributed by atoms with E-state index in [0.29, 0.717) is 0 Å². The Kier molecular flexibility index (Phi) is 11.0. The number of hydrogen-bond acceptors (Lipinski definition) is 2. The smallest absolute Gasteiger partial charge is 0.0468 e. The van der Waals surface area contributed by atoms with E-state index in [1.807, 2.05) is 0 Å². The lowest BCUT2D eigenvalue weighted by atomic mass is 9.85. The van der Waals surface area contributed by atoms with Crippen molar-refractivity contribution in [3.05, 3.63) is 216 Å². The molecule has 9 aromatic carbocycles. The largest absolute Gasteiger partial charge is 0.310 e. The fraction of sp³-hybridized carbons (Fsp3) is 0.138. The van der Waals surface area contributed by atoms with Crippen molar-refractivity contribution >= 4 is 55.7 Å². The zero-order chi connectivity index (χ0) is 41.0. The molecule has 2 heteroatoms. The van der Waals surface area contributed by atoms with Crippen molar-refractivity contribution in [1.29, 1.82) is 0 Å². The SMILES string of the molecule is CCCc1cc(C)cc(N(c2ccccc2)c2ccc3c(-c4ccccc4)c4cc(N(c5ccccc5)c5cc(C)cc(CCC)c5)ccc4c(-c4ccccc4)c3c2)c1. The van der Waals surface area contributed by atoms with Crippen LogP contribution in [0.25, 0.3) is 43.8 Å². The molecule has 0 aliphatic heterocycles. The van der Waals surface area contributed by atoms with Gasteiger partial charge in [-0.25, -0.2) is 0 Å². The minimum absolute atomic E-state index is 1.05. The van der Waals surface area contributed by atoms with E-state index in [9.17, 15) is 0 Å². The summed E-state index contributed by atoms with van der Waals surface area (Å²) < 4.78 is 0. The molecule has 0 aliphatic rings. The first-order valence-corrected chi connectivity index (χ1v) is 21.5. The van der Waals surface area contributed by atoms with Gasteiger partial charge in [0.25, 0.3) is 0 Å². The monoisotopic (exact) mass is 776 g/mol. The van der Waals surface area contributed by atoms with Crippen LogP contribution in [0.1, 0.15) is 48.9 Å². The van der Waals surface area contributed by atoms with Crippen LogP contribution in [-0.2, 0) is 12.8 Å². The fourth-order valence-electron chi connectivity index (χ4n) is 9.17. The first-order valence-electron chi connectivity index (χ1n) is 21.5. The van der Waals surface area contributed by atoms with E-state index in [0.717, 1.165) is 48.4 Å². The van der Waals surface area contributed by atoms with Gasteiger partial charge in [0.1, 0.15) is 0 Å². The number of fused-ring (bicyclic) bond motifs is 2. The van der Waals surface area contributed by atoms with Crippen LogP contribution in [0.5, 0.6) is 0 Å². The molecule has 0 atom stereocenters. The summed E-state index contributed by atoms with van der Waals surface area (Å²) in [5, 5.41) is 4.90. The van der Waals surface area contributed by atoms with Gasteiger partial charge in [-0.15, -0.1) is 0 Å². The van der Waals surface area contributed by atoms with Gasteiger partial charge in [0.2, 0.25) is 0 Å². The second-order valence-corrected chi connectivity index (χ2v) is 16.1. The molecule has 0 radical (unpaired) electrons. The second kappa shape index (κ2) is 17.1. The Labute approximate surface area is 356 Å². The van der Waals surface area contributed by atoms with E-state index in [4.69, 9.17) is 0 Å². The lowest BCUT2D eigenvalue weighted by molar-refractivity contribution is 0.919. The number of aryl methyl sites for hydroxylation is 4. The van der Waals surface area contributed by atoms with Gasteiger partial charge in [-0.05, 0) is 166 Å². The predicted molar refractivity (Wildman–Crippen MR) is 259 cm³/mol. The minimum atomic E-state index is 1.05. The molecule has 0 aromatic heterocycles. The lowest BCUT2D eigenvalue weighted by Gasteiger charge is -2.29. The highest BCUT2D eigenvalue weighted by Crippen LogP contribution is 2.48. The van der Waals surface area contributed by atoms with E-state index in [1.165, 1.54) is 77.4 Å². The molecular weight excluding hydrogens is 725 g/mol. The summed E-state index contributed by atoms with van der Waals surface area (Å²) in [7, 11) is 0. The van der Waals surface area contributed by atoms with Crippen LogP contribution in [0, 0.1) is 13.8 Å². The summed E-state index contributed by atoms with van der Waals surface area (Å²) >= 11 is 0. The third-order valence-corrected chi connectivity index (χ3v) is 11.6. The first-order chi connectivity index (χ1) is 29.5.